The van der Waals surface area contributed by atoms with Crippen molar-refractivity contribution in [3.8, 4) is 5.75 Å². The summed E-state index contributed by atoms with van der Waals surface area (Å²) in [6.07, 6.45) is 3.34. The van der Waals surface area contributed by atoms with Crippen molar-refractivity contribution >= 4 is 45.8 Å². The number of nitrogens with zero attached hydrogens (tertiary/aromatic N) is 1. The summed E-state index contributed by atoms with van der Waals surface area (Å²) in [5.74, 6) is -0.401. The average molecular weight is 705 g/mol. The zero-order valence-corrected chi connectivity index (χ0v) is 30.7. The summed E-state index contributed by atoms with van der Waals surface area (Å²) in [5, 5.41) is 7.75. The number of H-pyrrole nitrogens is 2. The lowest BCUT2D eigenvalue weighted by Gasteiger charge is -2.33. The number of nitrogens with two attached hydrogens (primary N) is 1. The highest BCUT2D eigenvalue weighted by atomic mass is 16.6. The van der Waals surface area contributed by atoms with E-state index in [0.717, 1.165) is 38.7 Å². The predicted octanol–water partition coefficient (Wildman–Crippen LogP) is 5.71. The highest BCUT2D eigenvalue weighted by Crippen LogP contribution is 2.25. The van der Waals surface area contributed by atoms with E-state index in [1.54, 1.807) is 48.7 Å². The number of aromatic amines is 2. The van der Waals surface area contributed by atoms with Gasteiger partial charge in [-0.25, -0.2) is 9.59 Å². The number of para-hydroxylation sites is 1. The smallest absolute Gasteiger partial charge is 0.420 e. The van der Waals surface area contributed by atoms with E-state index in [9.17, 15) is 19.2 Å². The van der Waals surface area contributed by atoms with Gasteiger partial charge in [-0.1, -0.05) is 18.2 Å². The molecule has 0 aliphatic rings. The molecule has 0 radical (unpaired) electrons. The third kappa shape index (κ3) is 10.7. The molecule has 0 aliphatic carbocycles. The monoisotopic (exact) mass is 704 g/mol. The number of ether oxygens (including phenoxy) is 3. The van der Waals surface area contributed by atoms with Gasteiger partial charge in [-0.05, 0) is 109 Å². The first kappa shape index (κ1) is 38.8. The molecule has 0 fully saturated rings. The normalized spacial score (nSPS) is 13.0. The first-order valence-corrected chi connectivity index (χ1v) is 17.3. The lowest BCUT2D eigenvalue weighted by molar-refractivity contribution is -0.132. The van der Waals surface area contributed by atoms with Gasteiger partial charge in [0.25, 0.3) is 0 Å². The van der Waals surface area contributed by atoms with E-state index < -0.39 is 47.3 Å². The highest BCUT2D eigenvalue weighted by molar-refractivity contribution is 5.97. The van der Waals surface area contributed by atoms with E-state index in [2.05, 4.69) is 20.6 Å². The van der Waals surface area contributed by atoms with Crippen molar-refractivity contribution in [2.24, 2.45) is 5.73 Å². The number of methoxy groups -OCH3 is 1. The van der Waals surface area contributed by atoms with Gasteiger partial charge in [0.15, 0.2) is 0 Å². The second-order valence-electron chi connectivity index (χ2n) is 14.5. The maximum atomic E-state index is 14.3. The van der Waals surface area contributed by atoms with Crippen molar-refractivity contribution in [3.63, 3.8) is 0 Å². The lowest BCUT2D eigenvalue weighted by Crippen LogP contribution is -2.58. The largest absolute Gasteiger partial charge is 0.497 e. The Labute approximate surface area is 298 Å². The van der Waals surface area contributed by atoms with Crippen LogP contribution in [0.4, 0.5) is 9.59 Å². The second kappa shape index (κ2) is 16.8. The molecule has 0 saturated heterocycles. The number of hydrogen-bond acceptors (Lipinski definition) is 8. The van der Waals surface area contributed by atoms with Crippen LogP contribution in [0.1, 0.15) is 71.9 Å². The predicted molar refractivity (Wildman–Crippen MR) is 196 cm³/mol. The molecule has 0 unspecified atom stereocenters. The molecule has 4 rings (SSSR count). The maximum absolute atomic E-state index is 14.3. The van der Waals surface area contributed by atoms with Crippen molar-refractivity contribution in [3.05, 3.63) is 66.0 Å². The number of benzene rings is 2. The zero-order valence-electron chi connectivity index (χ0n) is 30.7. The molecular formula is C38H52N6O7. The number of amides is 4. The number of carbonyl (C=O) groups excluding carboxylic acids is 4. The molecule has 13 nitrogen and oxygen atoms in total. The second-order valence-corrected chi connectivity index (χ2v) is 14.5. The molecule has 0 spiro atoms. The molecule has 13 heteroatoms. The Hall–Kier alpha value is -5.04. The average Bonchev–Trinajstić information content (AvgIpc) is 3.65. The summed E-state index contributed by atoms with van der Waals surface area (Å²) in [4.78, 5) is 62.6. The molecular weight excluding hydrogens is 652 g/mol. The van der Waals surface area contributed by atoms with Crippen LogP contribution in [0.25, 0.3) is 21.8 Å². The van der Waals surface area contributed by atoms with Gasteiger partial charge >= 0.3 is 12.2 Å². The van der Waals surface area contributed by atoms with E-state index in [1.807, 2.05) is 54.9 Å². The van der Waals surface area contributed by atoms with Crippen molar-refractivity contribution in [1.82, 2.24) is 25.5 Å². The van der Waals surface area contributed by atoms with Crippen LogP contribution < -0.4 is 21.1 Å². The highest BCUT2D eigenvalue weighted by Gasteiger charge is 2.41. The SMILES string of the molecule is COc1ccc2[nH]cc(CCNC(=O)[C@H](Cc3c[nH]c4ccccc34)NC(=O)[C@H](CCCCN)N(C(=O)OC(C)(C)C)C(=O)OC(C)(C)C)c2c1. The fourth-order valence-electron chi connectivity index (χ4n) is 5.74. The number of rotatable bonds is 14. The number of fused-ring (bicyclic) bond motifs is 2. The van der Waals surface area contributed by atoms with Crippen LogP contribution in [0.15, 0.2) is 54.9 Å². The Kier molecular flexibility index (Phi) is 12.8. The van der Waals surface area contributed by atoms with E-state index in [-0.39, 0.29) is 19.4 Å². The van der Waals surface area contributed by atoms with Crippen molar-refractivity contribution in [1.29, 1.82) is 0 Å². The molecule has 0 aliphatic heterocycles. The van der Waals surface area contributed by atoms with E-state index in [0.29, 0.717) is 30.7 Å². The minimum atomic E-state index is -1.35. The summed E-state index contributed by atoms with van der Waals surface area (Å²) in [5.41, 5.74) is 7.45. The van der Waals surface area contributed by atoms with Crippen molar-refractivity contribution < 1.29 is 33.4 Å². The first-order valence-electron chi connectivity index (χ1n) is 17.3. The van der Waals surface area contributed by atoms with Gasteiger partial charge in [0, 0.05) is 47.2 Å². The molecule has 276 valence electrons. The van der Waals surface area contributed by atoms with Crippen LogP contribution in [0.5, 0.6) is 5.75 Å². The third-order valence-corrected chi connectivity index (χ3v) is 8.13. The minimum Gasteiger partial charge on any atom is -0.497 e. The van der Waals surface area contributed by atoms with E-state index in [1.165, 1.54) is 0 Å². The number of hydrogen-bond donors (Lipinski definition) is 5. The molecule has 2 atom stereocenters. The number of imide groups is 1. The van der Waals surface area contributed by atoms with Crippen LogP contribution in [-0.2, 0) is 31.9 Å². The van der Waals surface area contributed by atoms with E-state index in [4.69, 9.17) is 19.9 Å². The molecule has 4 amide bonds. The van der Waals surface area contributed by atoms with Crippen molar-refractivity contribution in [2.45, 2.75) is 96.9 Å². The number of carbonyl (C=O) groups is 4. The van der Waals surface area contributed by atoms with Crippen LogP contribution in [0.2, 0.25) is 0 Å². The Morgan fingerprint density at radius 2 is 1.45 bits per heavy atom. The molecule has 0 saturated carbocycles. The molecule has 51 heavy (non-hydrogen) atoms. The minimum absolute atomic E-state index is 0.0764. The Morgan fingerprint density at radius 3 is 2.08 bits per heavy atom. The quantitative estimate of drug-likeness (QED) is 0.103. The fourth-order valence-corrected chi connectivity index (χ4v) is 5.74. The molecule has 0 bridgehead atoms. The number of unbranched alkanes of at least 4 members (excludes halogenated alkanes) is 1. The Balaban J connectivity index is 1.63. The van der Waals surface area contributed by atoms with Crippen LogP contribution in [-0.4, -0.2) is 82.4 Å². The van der Waals surface area contributed by atoms with Gasteiger partial charge in [-0.3, -0.25) is 9.59 Å². The summed E-state index contributed by atoms with van der Waals surface area (Å²) >= 11 is 0. The molecule has 2 aromatic heterocycles. The number of nitrogens with one attached hydrogen (secondary N) is 4. The summed E-state index contributed by atoms with van der Waals surface area (Å²) in [6.45, 7) is 10.6. The zero-order chi connectivity index (χ0) is 37.3. The van der Waals surface area contributed by atoms with Crippen LogP contribution in [0.3, 0.4) is 0 Å². The third-order valence-electron chi connectivity index (χ3n) is 8.13. The fraction of sp³-hybridized carbons (Fsp3) is 0.474. The topological polar surface area (TPSA) is 181 Å². The van der Waals surface area contributed by atoms with Crippen LogP contribution >= 0.6 is 0 Å². The van der Waals surface area contributed by atoms with Gasteiger partial charge in [0.1, 0.15) is 29.0 Å². The summed E-state index contributed by atoms with van der Waals surface area (Å²) in [6, 6.07) is 11.0. The van der Waals surface area contributed by atoms with Gasteiger partial charge in [0.2, 0.25) is 11.8 Å². The first-order chi connectivity index (χ1) is 24.1. The lowest BCUT2D eigenvalue weighted by atomic mass is 10.0. The van der Waals surface area contributed by atoms with Gasteiger partial charge < -0.3 is 40.5 Å². The Bertz CT molecular complexity index is 1790. The summed E-state index contributed by atoms with van der Waals surface area (Å²) in [7, 11) is 1.61. The van der Waals surface area contributed by atoms with Crippen molar-refractivity contribution in [2.75, 3.05) is 20.2 Å². The molecule has 2 aromatic carbocycles. The summed E-state index contributed by atoms with van der Waals surface area (Å²) < 4.78 is 16.5. The van der Waals surface area contributed by atoms with Crippen LogP contribution in [0, 0.1) is 0 Å². The van der Waals surface area contributed by atoms with Gasteiger partial charge in [-0.15, -0.1) is 0 Å². The number of aromatic nitrogens is 2. The van der Waals surface area contributed by atoms with Gasteiger partial charge in [0.05, 0.1) is 7.11 Å². The molecule has 6 N–H and O–H groups in total. The maximum Gasteiger partial charge on any atom is 0.420 e. The Morgan fingerprint density at radius 1 is 0.824 bits per heavy atom. The van der Waals surface area contributed by atoms with E-state index >= 15 is 0 Å². The molecule has 4 aromatic rings. The molecule has 2 heterocycles. The van der Waals surface area contributed by atoms with Gasteiger partial charge in [-0.2, -0.15) is 4.90 Å². The standard InChI is InChI=1S/C38H52N6O7/c1-37(2,3)50-35(47)44(36(48)51-38(4,5)6)32(14-10-11-18-39)34(46)43-31(20-25-23-42-29-13-9-8-12-27(25)29)33(45)40-19-17-24-22-41-30-16-15-26(49-7)21-28(24)30/h8-9,12-13,15-16,21-23,31-32,41-42H,10-11,14,17-20,39H2,1-7H3,(H,40,45)(H,43,46)/t31-,32-/m0/s1.